The van der Waals surface area contributed by atoms with Crippen molar-refractivity contribution < 1.29 is 0 Å². The molecule has 1 aromatic heterocycles. The number of hydrogen-bond acceptors (Lipinski definition) is 3. The van der Waals surface area contributed by atoms with E-state index in [1.807, 2.05) is 0 Å². The molecule has 0 aliphatic carbocycles. The van der Waals surface area contributed by atoms with Gasteiger partial charge in [-0.05, 0) is 57.5 Å². The molecule has 0 unspecified atom stereocenters. The summed E-state index contributed by atoms with van der Waals surface area (Å²) in [5.74, 6) is 0. The van der Waals surface area contributed by atoms with E-state index in [9.17, 15) is 0 Å². The minimum absolute atomic E-state index is 0.734. The second-order valence-corrected chi connectivity index (χ2v) is 7.31. The molecule has 2 saturated heterocycles. The van der Waals surface area contributed by atoms with Crippen molar-refractivity contribution in [3.63, 3.8) is 0 Å². The highest BCUT2D eigenvalue weighted by Crippen LogP contribution is 2.29. The van der Waals surface area contributed by atoms with E-state index in [2.05, 4.69) is 41.0 Å². The fourth-order valence-corrected chi connectivity index (χ4v) is 4.36. The van der Waals surface area contributed by atoms with Crippen LogP contribution >= 0.6 is 11.6 Å². The lowest BCUT2D eigenvalue weighted by molar-refractivity contribution is 0.214. The molecule has 122 valence electrons. The molecule has 0 N–H and O–H groups in total. The van der Waals surface area contributed by atoms with E-state index >= 15 is 0 Å². The van der Waals surface area contributed by atoms with Gasteiger partial charge in [0.2, 0.25) is 0 Å². The topological polar surface area (TPSA) is 19.4 Å². The smallest absolute Gasteiger partial charge is 0.0740 e. The van der Waals surface area contributed by atoms with Gasteiger partial charge in [0.1, 0.15) is 0 Å². The second kappa shape index (κ2) is 6.39. The minimum Gasteiger partial charge on any atom is -0.299 e. The Labute approximate surface area is 143 Å². The summed E-state index contributed by atoms with van der Waals surface area (Å²) in [5, 5.41) is 2.01. The molecule has 0 spiro atoms. The van der Waals surface area contributed by atoms with Crippen molar-refractivity contribution in [3.8, 4) is 0 Å². The summed E-state index contributed by atoms with van der Waals surface area (Å²) >= 11 is 6.64. The Morgan fingerprint density at radius 1 is 1.17 bits per heavy atom. The number of rotatable bonds is 2. The number of pyridine rings is 1. The molecule has 2 aromatic rings. The van der Waals surface area contributed by atoms with E-state index in [0.29, 0.717) is 0 Å². The molecule has 23 heavy (non-hydrogen) atoms. The van der Waals surface area contributed by atoms with Crippen molar-refractivity contribution in [2.75, 3.05) is 26.2 Å². The van der Waals surface area contributed by atoms with Crippen molar-refractivity contribution in [1.29, 1.82) is 0 Å². The highest BCUT2D eigenvalue weighted by molar-refractivity contribution is 6.32. The maximum atomic E-state index is 6.64. The first-order valence-electron chi connectivity index (χ1n) is 8.72. The van der Waals surface area contributed by atoms with Gasteiger partial charge in [-0.25, -0.2) is 4.98 Å². The fourth-order valence-electron chi connectivity index (χ4n) is 4.16. The second-order valence-electron chi connectivity index (χ2n) is 6.94. The molecule has 4 heteroatoms. The molecule has 0 saturated carbocycles. The van der Waals surface area contributed by atoms with Crippen molar-refractivity contribution >= 4 is 22.5 Å². The van der Waals surface area contributed by atoms with Gasteiger partial charge in [-0.2, -0.15) is 0 Å². The number of fused-ring (bicyclic) bond motifs is 2. The molecule has 1 aromatic carbocycles. The summed E-state index contributed by atoms with van der Waals surface area (Å²) in [6, 6.07) is 9.03. The maximum absolute atomic E-state index is 6.64. The van der Waals surface area contributed by atoms with Crippen LogP contribution in [0.5, 0.6) is 0 Å². The van der Waals surface area contributed by atoms with Gasteiger partial charge in [0.25, 0.3) is 0 Å². The van der Waals surface area contributed by atoms with Crippen LogP contribution in [0.1, 0.15) is 30.5 Å². The van der Waals surface area contributed by atoms with Gasteiger partial charge in [0.15, 0.2) is 0 Å². The summed E-state index contributed by atoms with van der Waals surface area (Å²) in [7, 11) is 0. The van der Waals surface area contributed by atoms with Crippen molar-refractivity contribution in [1.82, 2.24) is 14.8 Å². The predicted octanol–water partition coefficient (Wildman–Crippen LogP) is 3.87. The Balaban J connectivity index is 1.60. The summed E-state index contributed by atoms with van der Waals surface area (Å²) in [6.45, 7) is 7.82. The van der Waals surface area contributed by atoms with Crippen LogP contribution in [-0.4, -0.2) is 47.0 Å². The number of para-hydroxylation sites is 1. The summed E-state index contributed by atoms with van der Waals surface area (Å²) < 4.78 is 0. The Bertz CT molecular complexity index is 715. The van der Waals surface area contributed by atoms with E-state index in [0.717, 1.165) is 47.5 Å². The Morgan fingerprint density at radius 2 is 2.00 bits per heavy atom. The lowest BCUT2D eigenvalue weighted by Gasteiger charge is -2.25. The van der Waals surface area contributed by atoms with Crippen molar-refractivity contribution in [2.24, 2.45) is 0 Å². The molecule has 3 nitrogen and oxygen atoms in total. The number of hydrogen-bond donors (Lipinski definition) is 0. The monoisotopic (exact) mass is 329 g/mol. The molecule has 0 radical (unpaired) electrons. The maximum Gasteiger partial charge on any atom is 0.0740 e. The largest absolute Gasteiger partial charge is 0.299 e. The third-order valence-corrected chi connectivity index (χ3v) is 5.91. The highest BCUT2D eigenvalue weighted by atomic mass is 35.5. The van der Waals surface area contributed by atoms with Gasteiger partial charge in [-0.1, -0.05) is 29.8 Å². The first-order valence-corrected chi connectivity index (χ1v) is 9.10. The van der Waals surface area contributed by atoms with Crippen LogP contribution in [-0.2, 0) is 6.54 Å². The van der Waals surface area contributed by atoms with Crippen LogP contribution in [0.3, 0.4) is 0 Å². The standard InChI is InChI=1S/C19H24ClN3/c1-14-16-7-2-3-8-17(16)21-18(19(14)20)13-22-9-5-11-23-10-4-6-15(23)12-22/h2-3,7-8,15H,4-6,9-13H2,1H3/t15-/m0/s1. The van der Waals surface area contributed by atoms with Crippen molar-refractivity contribution in [2.45, 2.75) is 38.8 Å². The van der Waals surface area contributed by atoms with Crippen LogP contribution in [0.25, 0.3) is 10.9 Å². The van der Waals surface area contributed by atoms with E-state index in [1.165, 1.54) is 37.7 Å². The summed E-state index contributed by atoms with van der Waals surface area (Å²) in [6.07, 6.45) is 3.95. The molecule has 4 rings (SSSR count). The van der Waals surface area contributed by atoms with E-state index < -0.39 is 0 Å². The molecule has 0 bridgehead atoms. The molecular weight excluding hydrogens is 306 g/mol. The molecule has 3 heterocycles. The Kier molecular flexibility index (Phi) is 4.27. The van der Waals surface area contributed by atoms with Crippen molar-refractivity contribution in [3.05, 3.63) is 40.5 Å². The number of halogens is 1. The van der Waals surface area contributed by atoms with Gasteiger partial charge in [-0.3, -0.25) is 9.80 Å². The lowest BCUT2D eigenvalue weighted by Crippen LogP contribution is -2.36. The fraction of sp³-hybridized carbons (Fsp3) is 0.526. The van der Waals surface area contributed by atoms with Crippen LogP contribution in [0, 0.1) is 6.92 Å². The normalized spacial score (nSPS) is 23.1. The first kappa shape index (κ1) is 15.4. The SMILES string of the molecule is Cc1c(Cl)c(CN2CCCN3CCC[C@H]3C2)nc2ccccc12. The zero-order chi connectivity index (χ0) is 15.8. The predicted molar refractivity (Wildman–Crippen MR) is 96.0 cm³/mol. The summed E-state index contributed by atoms with van der Waals surface area (Å²) in [4.78, 5) is 10.1. The van der Waals surface area contributed by atoms with Gasteiger partial charge in [0, 0.05) is 24.5 Å². The van der Waals surface area contributed by atoms with Gasteiger partial charge >= 0.3 is 0 Å². The van der Waals surface area contributed by atoms with Crippen LogP contribution in [0.2, 0.25) is 5.02 Å². The Morgan fingerprint density at radius 3 is 2.91 bits per heavy atom. The van der Waals surface area contributed by atoms with E-state index in [-0.39, 0.29) is 0 Å². The molecule has 0 amide bonds. The number of aromatic nitrogens is 1. The average Bonchev–Trinajstić information content (AvgIpc) is 2.91. The average molecular weight is 330 g/mol. The highest BCUT2D eigenvalue weighted by Gasteiger charge is 2.29. The molecule has 1 atom stereocenters. The zero-order valence-electron chi connectivity index (χ0n) is 13.8. The molecular formula is C19H24ClN3. The van der Waals surface area contributed by atoms with Gasteiger partial charge in [-0.15, -0.1) is 0 Å². The number of nitrogens with zero attached hydrogens (tertiary/aromatic N) is 3. The van der Waals surface area contributed by atoms with Crippen LogP contribution in [0.4, 0.5) is 0 Å². The minimum atomic E-state index is 0.734. The van der Waals surface area contributed by atoms with Crippen LogP contribution in [0.15, 0.2) is 24.3 Å². The molecule has 2 fully saturated rings. The first-order chi connectivity index (χ1) is 11.2. The summed E-state index contributed by atoms with van der Waals surface area (Å²) in [5.41, 5.74) is 3.25. The Hall–Kier alpha value is -1.16. The third kappa shape index (κ3) is 2.98. The van der Waals surface area contributed by atoms with E-state index in [1.54, 1.807) is 0 Å². The zero-order valence-corrected chi connectivity index (χ0v) is 14.5. The van der Waals surface area contributed by atoms with Gasteiger partial charge < -0.3 is 0 Å². The quantitative estimate of drug-likeness (QED) is 0.834. The number of benzene rings is 1. The van der Waals surface area contributed by atoms with Crippen LogP contribution < -0.4 is 0 Å². The van der Waals surface area contributed by atoms with E-state index in [4.69, 9.17) is 16.6 Å². The molecule has 2 aliphatic heterocycles. The molecule has 2 aliphatic rings. The number of aryl methyl sites for hydroxylation is 1. The lowest BCUT2D eigenvalue weighted by atomic mass is 10.1. The van der Waals surface area contributed by atoms with Gasteiger partial charge in [0.05, 0.1) is 16.2 Å². The third-order valence-electron chi connectivity index (χ3n) is 5.41.